The first-order valence-corrected chi connectivity index (χ1v) is 4.75. The maximum atomic E-state index is 13.0. The van der Waals surface area contributed by atoms with Crippen molar-refractivity contribution in [1.29, 1.82) is 0 Å². The lowest BCUT2D eigenvalue weighted by Crippen LogP contribution is -2.33. The van der Waals surface area contributed by atoms with Gasteiger partial charge >= 0.3 is 0 Å². The average Bonchev–Trinajstić information content (AvgIpc) is 2.11. The van der Waals surface area contributed by atoms with Crippen LogP contribution in [0.2, 0.25) is 0 Å². The molecule has 0 heterocycles. The number of benzene rings is 1. The number of hydrogen-bond acceptors (Lipinski definition) is 2. The Morgan fingerprint density at radius 3 is 2.50 bits per heavy atom. The van der Waals surface area contributed by atoms with Crippen molar-refractivity contribution in [3.63, 3.8) is 0 Å². The van der Waals surface area contributed by atoms with Gasteiger partial charge < -0.3 is 11.1 Å². The Morgan fingerprint density at radius 1 is 1.43 bits per heavy atom. The molecule has 0 aliphatic carbocycles. The van der Waals surface area contributed by atoms with Gasteiger partial charge in [0.25, 0.3) is 0 Å². The van der Waals surface area contributed by atoms with Crippen molar-refractivity contribution in [2.75, 3.05) is 7.05 Å². The molecule has 0 saturated carbocycles. The van der Waals surface area contributed by atoms with E-state index in [1.165, 1.54) is 6.07 Å². The summed E-state index contributed by atoms with van der Waals surface area (Å²) >= 11 is 0. The number of nitrogens with two attached hydrogens (primary N) is 1. The molecular weight excluding hydrogens is 179 g/mol. The summed E-state index contributed by atoms with van der Waals surface area (Å²) in [4.78, 5) is 0. The van der Waals surface area contributed by atoms with Gasteiger partial charge in [0.05, 0.1) is 0 Å². The summed E-state index contributed by atoms with van der Waals surface area (Å²) in [5, 5.41) is 3.12. The van der Waals surface area contributed by atoms with E-state index < -0.39 is 0 Å². The number of nitrogens with one attached hydrogen (secondary N) is 1. The van der Waals surface area contributed by atoms with Crippen molar-refractivity contribution in [3.05, 3.63) is 35.1 Å². The summed E-state index contributed by atoms with van der Waals surface area (Å²) in [5.41, 5.74) is 7.50. The quantitative estimate of drug-likeness (QED) is 0.772. The summed E-state index contributed by atoms with van der Waals surface area (Å²) in [6, 6.07) is 5.17. The number of rotatable bonds is 3. The monoisotopic (exact) mass is 196 g/mol. The fraction of sp³-hybridized carbons (Fsp3) is 0.455. The molecule has 0 saturated heterocycles. The van der Waals surface area contributed by atoms with Gasteiger partial charge in [-0.1, -0.05) is 12.1 Å². The maximum absolute atomic E-state index is 13.0. The van der Waals surface area contributed by atoms with Gasteiger partial charge in [-0.15, -0.1) is 0 Å². The molecule has 0 fully saturated rings. The third kappa shape index (κ3) is 2.30. The lowest BCUT2D eigenvalue weighted by molar-refractivity contribution is 0.502. The highest BCUT2D eigenvalue weighted by atomic mass is 19.1. The van der Waals surface area contributed by atoms with Crippen LogP contribution in [0.5, 0.6) is 0 Å². The van der Waals surface area contributed by atoms with Crippen molar-refractivity contribution in [2.24, 2.45) is 5.73 Å². The molecule has 3 N–H and O–H groups in total. The van der Waals surface area contributed by atoms with Crippen molar-refractivity contribution < 1.29 is 4.39 Å². The maximum Gasteiger partial charge on any atom is 0.126 e. The van der Waals surface area contributed by atoms with E-state index in [2.05, 4.69) is 5.32 Å². The van der Waals surface area contributed by atoms with E-state index in [1.54, 1.807) is 13.0 Å². The first-order chi connectivity index (χ1) is 6.56. The lowest BCUT2D eigenvalue weighted by Gasteiger charge is -2.20. The molecule has 0 radical (unpaired) electrons. The Labute approximate surface area is 84.3 Å². The second-order valence-corrected chi connectivity index (χ2v) is 3.63. The number of hydrogen-bond donors (Lipinski definition) is 2. The molecule has 14 heavy (non-hydrogen) atoms. The van der Waals surface area contributed by atoms with Crippen molar-refractivity contribution in [2.45, 2.75) is 25.9 Å². The SMILES string of the molecule is CNC(c1ccc(F)c(C)c1)C(C)N. The van der Waals surface area contributed by atoms with Crippen molar-refractivity contribution >= 4 is 0 Å². The van der Waals surface area contributed by atoms with Gasteiger partial charge in [-0.05, 0) is 38.1 Å². The van der Waals surface area contributed by atoms with Gasteiger partial charge in [-0.2, -0.15) is 0 Å². The summed E-state index contributed by atoms with van der Waals surface area (Å²) in [5.74, 6) is -0.173. The van der Waals surface area contributed by atoms with Gasteiger partial charge in [0.2, 0.25) is 0 Å². The zero-order valence-electron chi connectivity index (χ0n) is 8.84. The van der Waals surface area contributed by atoms with Gasteiger partial charge in [0.1, 0.15) is 5.82 Å². The largest absolute Gasteiger partial charge is 0.326 e. The third-order valence-electron chi connectivity index (χ3n) is 2.38. The molecule has 0 spiro atoms. The summed E-state index contributed by atoms with van der Waals surface area (Å²) in [7, 11) is 1.85. The predicted molar refractivity (Wildman–Crippen MR) is 56.6 cm³/mol. The number of aryl methyl sites for hydroxylation is 1. The molecule has 3 heteroatoms. The summed E-state index contributed by atoms with van der Waals surface area (Å²) < 4.78 is 13.0. The number of likely N-dealkylation sites (N-methyl/N-ethyl adjacent to an activating group) is 1. The van der Waals surface area contributed by atoms with Gasteiger partial charge in [0.15, 0.2) is 0 Å². The topological polar surface area (TPSA) is 38.0 Å². The summed E-state index contributed by atoms with van der Waals surface area (Å²) in [6.07, 6.45) is 0. The smallest absolute Gasteiger partial charge is 0.126 e. The van der Waals surface area contributed by atoms with E-state index in [4.69, 9.17) is 5.73 Å². The Morgan fingerprint density at radius 2 is 2.07 bits per heavy atom. The molecule has 2 unspecified atom stereocenters. The molecule has 0 aliphatic heterocycles. The van der Waals surface area contributed by atoms with Gasteiger partial charge in [-0.3, -0.25) is 0 Å². The van der Waals surface area contributed by atoms with Gasteiger partial charge in [-0.25, -0.2) is 4.39 Å². The zero-order valence-corrected chi connectivity index (χ0v) is 8.84. The Hall–Kier alpha value is -0.930. The van der Waals surface area contributed by atoms with Crippen LogP contribution in [0.15, 0.2) is 18.2 Å². The third-order valence-corrected chi connectivity index (χ3v) is 2.38. The Bertz CT molecular complexity index is 310. The number of halogens is 1. The van der Waals surface area contributed by atoms with Gasteiger partial charge in [0, 0.05) is 12.1 Å². The molecule has 1 aromatic carbocycles. The predicted octanol–water partition coefficient (Wildman–Crippen LogP) is 1.74. The van der Waals surface area contributed by atoms with Crippen LogP contribution in [-0.2, 0) is 0 Å². The Kier molecular flexibility index (Phi) is 3.61. The minimum Gasteiger partial charge on any atom is -0.326 e. The molecule has 0 aromatic heterocycles. The summed E-state index contributed by atoms with van der Waals surface area (Å²) in [6.45, 7) is 3.69. The van der Waals surface area contributed by atoms with E-state index in [-0.39, 0.29) is 17.9 Å². The fourth-order valence-electron chi connectivity index (χ4n) is 1.59. The average molecular weight is 196 g/mol. The van der Waals surface area contributed by atoms with Crippen LogP contribution in [0.4, 0.5) is 4.39 Å². The molecule has 0 aliphatic rings. The van der Waals surface area contributed by atoms with E-state index in [9.17, 15) is 4.39 Å². The van der Waals surface area contributed by atoms with Crippen LogP contribution in [0.3, 0.4) is 0 Å². The molecule has 1 rings (SSSR count). The lowest BCUT2D eigenvalue weighted by atomic mass is 9.99. The van der Waals surface area contributed by atoms with Crippen LogP contribution >= 0.6 is 0 Å². The molecule has 2 atom stereocenters. The highest BCUT2D eigenvalue weighted by molar-refractivity contribution is 5.27. The minimum absolute atomic E-state index is 0.00450. The van der Waals surface area contributed by atoms with Crippen LogP contribution in [0, 0.1) is 12.7 Å². The van der Waals surface area contributed by atoms with Crippen LogP contribution in [0.25, 0.3) is 0 Å². The highest BCUT2D eigenvalue weighted by Gasteiger charge is 2.14. The van der Waals surface area contributed by atoms with Crippen LogP contribution < -0.4 is 11.1 Å². The zero-order chi connectivity index (χ0) is 10.7. The second-order valence-electron chi connectivity index (χ2n) is 3.63. The first-order valence-electron chi connectivity index (χ1n) is 4.75. The first kappa shape index (κ1) is 11.1. The normalized spacial score (nSPS) is 15.2. The molecule has 0 bridgehead atoms. The second kappa shape index (κ2) is 4.53. The Balaban J connectivity index is 3.00. The van der Waals surface area contributed by atoms with E-state index >= 15 is 0 Å². The van der Waals surface area contributed by atoms with E-state index in [0.29, 0.717) is 5.56 Å². The van der Waals surface area contributed by atoms with Crippen LogP contribution in [0.1, 0.15) is 24.1 Å². The molecule has 78 valence electrons. The van der Waals surface area contributed by atoms with Crippen LogP contribution in [-0.4, -0.2) is 13.1 Å². The van der Waals surface area contributed by atoms with Crippen molar-refractivity contribution in [1.82, 2.24) is 5.32 Å². The van der Waals surface area contributed by atoms with Crippen molar-refractivity contribution in [3.8, 4) is 0 Å². The van der Waals surface area contributed by atoms with E-state index in [0.717, 1.165) is 5.56 Å². The molecule has 1 aromatic rings. The molecular formula is C11H17FN2. The minimum atomic E-state index is -0.173. The highest BCUT2D eigenvalue weighted by Crippen LogP contribution is 2.18. The standard InChI is InChI=1S/C11H17FN2/c1-7-6-9(4-5-10(7)12)11(14-3)8(2)13/h4-6,8,11,14H,13H2,1-3H3. The molecule has 2 nitrogen and oxygen atoms in total. The van der Waals surface area contributed by atoms with E-state index in [1.807, 2.05) is 20.0 Å². The molecule has 0 amide bonds. The fourth-order valence-corrected chi connectivity index (χ4v) is 1.59.